The normalized spacial score (nSPS) is 14.9. The molecule has 3 aromatic rings. The van der Waals surface area contributed by atoms with Gasteiger partial charge >= 0.3 is 5.97 Å². The maximum atomic E-state index is 14.0. The number of anilines is 1. The zero-order valence-corrected chi connectivity index (χ0v) is 24.4. The average Bonchev–Trinajstić information content (AvgIpc) is 3.75. The summed E-state index contributed by atoms with van der Waals surface area (Å²) in [5.41, 5.74) is 0.848. The van der Waals surface area contributed by atoms with Gasteiger partial charge in [-0.3, -0.25) is 19.3 Å². The van der Waals surface area contributed by atoms with E-state index in [1.165, 1.54) is 43.6 Å². The van der Waals surface area contributed by atoms with Crippen LogP contribution < -0.4 is 25.0 Å². The molecule has 1 aromatic heterocycles. The highest BCUT2D eigenvalue weighted by atomic mass is 32.1. The first-order chi connectivity index (χ1) is 20.4. The van der Waals surface area contributed by atoms with Crippen LogP contribution in [0.1, 0.15) is 44.5 Å². The van der Waals surface area contributed by atoms with Gasteiger partial charge in [0.1, 0.15) is 6.04 Å². The fourth-order valence-corrected chi connectivity index (χ4v) is 5.27. The second-order valence-corrected chi connectivity index (χ2v) is 10.3. The Morgan fingerprint density at radius 2 is 1.81 bits per heavy atom. The standard InChI is InChI=1S/C30H33N3O8S/c1-38-23-12-11-19(16-24(23)39-2)27(29(36)31-17-22-9-5-13-41-22)33(21-8-4-7-20(15-21)30(37)40-3)26(34)18-32-28(35)25-10-6-14-42-25/h4,6-8,10-12,14-16,22,27H,5,9,13,17-18H2,1-3H3,(H,31,36)(H,32,35)/t22-,27+/m0/s1. The van der Waals surface area contributed by atoms with Gasteiger partial charge in [-0.1, -0.05) is 18.2 Å². The molecule has 2 N–H and O–H groups in total. The number of carbonyl (C=O) groups excluding carboxylic acids is 4. The minimum Gasteiger partial charge on any atom is -0.493 e. The molecule has 1 saturated heterocycles. The van der Waals surface area contributed by atoms with Gasteiger partial charge in [-0.15, -0.1) is 11.3 Å². The van der Waals surface area contributed by atoms with E-state index in [4.69, 9.17) is 18.9 Å². The smallest absolute Gasteiger partial charge is 0.337 e. The minimum absolute atomic E-state index is 0.142. The first kappa shape index (κ1) is 30.5. The van der Waals surface area contributed by atoms with Gasteiger partial charge in [0.15, 0.2) is 11.5 Å². The molecule has 42 heavy (non-hydrogen) atoms. The van der Waals surface area contributed by atoms with Gasteiger partial charge in [0.2, 0.25) is 11.8 Å². The summed E-state index contributed by atoms with van der Waals surface area (Å²) < 4.78 is 21.4. The van der Waals surface area contributed by atoms with E-state index >= 15 is 0 Å². The molecule has 2 heterocycles. The number of hydrogen-bond acceptors (Lipinski definition) is 9. The molecule has 0 radical (unpaired) electrons. The number of esters is 1. The van der Waals surface area contributed by atoms with Crippen LogP contribution in [0.3, 0.4) is 0 Å². The Balaban J connectivity index is 1.76. The summed E-state index contributed by atoms with van der Waals surface area (Å²) in [5.74, 6) is -1.32. The van der Waals surface area contributed by atoms with Crippen molar-refractivity contribution in [2.75, 3.05) is 45.9 Å². The third-order valence-electron chi connectivity index (χ3n) is 6.72. The second-order valence-electron chi connectivity index (χ2n) is 9.36. The number of hydrogen-bond donors (Lipinski definition) is 2. The highest BCUT2D eigenvalue weighted by Crippen LogP contribution is 2.35. The lowest BCUT2D eigenvalue weighted by atomic mass is 10.0. The number of benzene rings is 2. The summed E-state index contributed by atoms with van der Waals surface area (Å²) >= 11 is 1.24. The number of amides is 3. The van der Waals surface area contributed by atoms with Crippen molar-refractivity contribution < 1.29 is 38.1 Å². The third-order valence-corrected chi connectivity index (χ3v) is 7.59. The Morgan fingerprint density at radius 3 is 2.48 bits per heavy atom. The zero-order valence-electron chi connectivity index (χ0n) is 23.6. The zero-order chi connectivity index (χ0) is 30.1. The molecule has 12 heteroatoms. The monoisotopic (exact) mass is 595 g/mol. The highest BCUT2D eigenvalue weighted by molar-refractivity contribution is 7.12. The minimum atomic E-state index is -1.22. The van der Waals surface area contributed by atoms with E-state index in [1.807, 2.05) is 0 Å². The van der Waals surface area contributed by atoms with Crippen molar-refractivity contribution in [1.82, 2.24) is 10.6 Å². The van der Waals surface area contributed by atoms with E-state index in [0.29, 0.717) is 28.5 Å². The summed E-state index contributed by atoms with van der Waals surface area (Å²) in [7, 11) is 4.22. The Morgan fingerprint density at radius 1 is 1.00 bits per heavy atom. The molecule has 2 atom stereocenters. The Bertz CT molecular complexity index is 1410. The van der Waals surface area contributed by atoms with Crippen molar-refractivity contribution in [3.05, 3.63) is 76.0 Å². The maximum absolute atomic E-state index is 14.0. The number of ether oxygens (including phenoxy) is 4. The van der Waals surface area contributed by atoms with Gasteiger partial charge in [-0.05, 0) is 60.2 Å². The van der Waals surface area contributed by atoms with Crippen molar-refractivity contribution in [3.63, 3.8) is 0 Å². The fraction of sp³-hybridized carbons (Fsp3) is 0.333. The van der Waals surface area contributed by atoms with Crippen molar-refractivity contribution >= 4 is 40.7 Å². The molecule has 0 aliphatic carbocycles. The van der Waals surface area contributed by atoms with Crippen LogP contribution in [0.4, 0.5) is 5.69 Å². The summed E-state index contributed by atoms with van der Waals surface area (Å²) in [4.78, 5) is 54.7. The van der Waals surface area contributed by atoms with Gasteiger partial charge in [0.05, 0.1) is 44.4 Å². The van der Waals surface area contributed by atoms with Gasteiger partial charge in [-0.25, -0.2) is 4.79 Å². The van der Waals surface area contributed by atoms with Crippen molar-refractivity contribution in [2.24, 2.45) is 0 Å². The molecule has 11 nitrogen and oxygen atoms in total. The predicted octanol–water partition coefficient (Wildman–Crippen LogP) is 3.35. The van der Waals surface area contributed by atoms with Crippen LogP contribution in [0.25, 0.3) is 0 Å². The van der Waals surface area contributed by atoms with Crippen LogP contribution in [0, 0.1) is 0 Å². The van der Waals surface area contributed by atoms with E-state index in [1.54, 1.807) is 53.9 Å². The first-order valence-electron chi connectivity index (χ1n) is 13.3. The van der Waals surface area contributed by atoms with E-state index in [-0.39, 0.29) is 23.9 Å². The quantitative estimate of drug-likeness (QED) is 0.305. The number of nitrogens with one attached hydrogen (secondary N) is 2. The Labute approximate surface area is 247 Å². The molecular formula is C30H33N3O8S. The largest absolute Gasteiger partial charge is 0.493 e. The van der Waals surface area contributed by atoms with Crippen LogP contribution in [0.2, 0.25) is 0 Å². The van der Waals surface area contributed by atoms with Crippen molar-refractivity contribution in [2.45, 2.75) is 25.0 Å². The molecule has 2 aromatic carbocycles. The lowest BCUT2D eigenvalue weighted by molar-refractivity contribution is -0.126. The number of thiophene rings is 1. The summed E-state index contributed by atoms with van der Waals surface area (Å²) in [5, 5.41) is 7.32. The first-order valence-corrected chi connectivity index (χ1v) is 14.2. The lowest BCUT2D eigenvalue weighted by Gasteiger charge is -2.32. The highest BCUT2D eigenvalue weighted by Gasteiger charge is 2.34. The number of rotatable bonds is 12. The molecule has 222 valence electrons. The van der Waals surface area contributed by atoms with Crippen molar-refractivity contribution in [3.8, 4) is 11.5 Å². The molecule has 1 aliphatic heterocycles. The van der Waals surface area contributed by atoms with Crippen LogP contribution in [-0.4, -0.2) is 70.8 Å². The number of carbonyl (C=O) groups is 4. The average molecular weight is 596 g/mol. The maximum Gasteiger partial charge on any atom is 0.337 e. The third kappa shape index (κ3) is 7.25. The fourth-order valence-electron chi connectivity index (χ4n) is 4.63. The van der Waals surface area contributed by atoms with Gasteiger partial charge < -0.3 is 29.6 Å². The van der Waals surface area contributed by atoms with E-state index < -0.39 is 36.3 Å². The molecule has 4 rings (SSSR count). The molecule has 0 bridgehead atoms. The van der Waals surface area contributed by atoms with Crippen LogP contribution in [0.15, 0.2) is 60.0 Å². The molecule has 3 amide bonds. The molecular weight excluding hydrogens is 562 g/mol. The van der Waals surface area contributed by atoms with Crippen LogP contribution in [0.5, 0.6) is 11.5 Å². The van der Waals surface area contributed by atoms with Gasteiger partial charge in [0, 0.05) is 18.8 Å². The van der Waals surface area contributed by atoms with Crippen LogP contribution in [-0.2, 0) is 19.1 Å². The molecule has 1 aliphatic rings. The Kier molecular flexibility index (Phi) is 10.5. The summed E-state index contributed by atoms with van der Waals surface area (Å²) in [6.07, 6.45) is 1.56. The second kappa shape index (κ2) is 14.5. The molecule has 1 fully saturated rings. The number of methoxy groups -OCH3 is 3. The van der Waals surface area contributed by atoms with E-state index in [2.05, 4.69) is 10.6 Å². The van der Waals surface area contributed by atoms with Crippen LogP contribution >= 0.6 is 11.3 Å². The molecule has 0 unspecified atom stereocenters. The van der Waals surface area contributed by atoms with E-state index in [0.717, 1.165) is 12.8 Å². The molecule has 0 spiro atoms. The van der Waals surface area contributed by atoms with Gasteiger partial charge in [0.25, 0.3) is 5.91 Å². The topological polar surface area (TPSA) is 132 Å². The SMILES string of the molecule is COC(=O)c1cccc(N(C(=O)CNC(=O)c2cccs2)[C@@H](C(=O)NC[C@@H]2CCCO2)c2ccc(OC)c(OC)c2)c1. The predicted molar refractivity (Wildman–Crippen MR) is 156 cm³/mol. The summed E-state index contributed by atoms with van der Waals surface area (Å²) in [6, 6.07) is 13.3. The Hall–Kier alpha value is -4.42. The van der Waals surface area contributed by atoms with E-state index in [9.17, 15) is 19.2 Å². The van der Waals surface area contributed by atoms with Crippen molar-refractivity contribution in [1.29, 1.82) is 0 Å². The van der Waals surface area contributed by atoms with Gasteiger partial charge in [-0.2, -0.15) is 0 Å². The lowest BCUT2D eigenvalue weighted by Crippen LogP contribution is -2.48. The number of nitrogens with zero attached hydrogens (tertiary/aromatic N) is 1. The summed E-state index contributed by atoms with van der Waals surface area (Å²) in [6.45, 7) is 0.457. The molecule has 0 saturated carbocycles.